The van der Waals surface area contributed by atoms with Crippen LogP contribution in [0.4, 0.5) is 32.3 Å². The summed E-state index contributed by atoms with van der Waals surface area (Å²) in [6.45, 7) is -0.209. The summed E-state index contributed by atoms with van der Waals surface area (Å²) in [6, 6.07) is 13.0. The number of fused-ring (bicyclic) bond motifs is 1. The van der Waals surface area contributed by atoms with Gasteiger partial charge in [-0.3, -0.25) is 28.4 Å². The predicted molar refractivity (Wildman–Crippen MR) is 142 cm³/mol. The molecule has 4 rings (SSSR count). The molecule has 0 saturated carbocycles. The molecule has 1 amide bonds. The Kier molecular flexibility index (Phi) is 9.00. The van der Waals surface area contributed by atoms with Crippen molar-refractivity contribution in [2.75, 3.05) is 18.5 Å². The second kappa shape index (κ2) is 12.2. The average molecular weight is 628 g/mol. The minimum atomic E-state index is -5.03. The first-order chi connectivity index (χ1) is 20.1. The van der Waals surface area contributed by atoms with Gasteiger partial charge in [0.05, 0.1) is 40.2 Å². The molecule has 43 heavy (non-hydrogen) atoms. The van der Waals surface area contributed by atoms with Gasteiger partial charge in [-0.05, 0) is 55.8 Å². The number of halogens is 6. The second-order valence-electron chi connectivity index (χ2n) is 9.22. The minimum Gasteiger partial charge on any atom is -0.305 e. The highest BCUT2D eigenvalue weighted by Gasteiger charge is 2.39. The van der Waals surface area contributed by atoms with E-state index in [1.54, 1.807) is 23.6 Å². The molecule has 2 aromatic heterocycles. The average Bonchev–Trinajstić information content (AvgIpc) is 3.49. The fraction of sp³-hybridized carbons (Fsp3) is 0.308. The Morgan fingerprint density at radius 1 is 1.02 bits per heavy atom. The number of amides is 1. The Labute approximate surface area is 240 Å². The fourth-order valence-corrected chi connectivity index (χ4v) is 5.58. The van der Waals surface area contributed by atoms with Crippen molar-refractivity contribution < 1.29 is 44.7 Å². The number of rotatable bonds is 10. The highest BCUT2D eigenvalue weighted by Crippen LogP contribution is 2.49. The third-order valence-corrected chi connectivity index (χ3v) is 7.80. The van der Waals surface area contributed by atoms with Crippen LogP contribution in [0.3, 0.4) is 0 Å². The Bertz CT molecular complexity index is 1700. The number of imidazole rings is 1. The minimum absolute atomic E-state index is 0.00147. The number of carbonyl (C=O) groups is 1. The number of carbonyl (C=O) groups excluding carboxylic acids is 1. The molecule has 2 heterocycles. The predicted octanol–water partition coefficient (Wildman–Crippen LogP) is 5.71. The van der Waals surface area contributed by atoms with Crippen LogP contribution in [0.25, 0.3) is 11.0 Å². The number of alkyl halides is 6. The van der Waals surface area contributed by atoms with E-state index in [2.05, 4.69) is 24.4 Å². The van der Waals surface area contributed by atoms with Crippen molar-refractivity contribution in [2.24, 2.45) is 0 Å². The normalized spacial score (nSPS) is 12.4. The second-order valence-corrected chi connectivity index (χ2v) is 11.2. The Morgan fingerprint density at radius 2 is 1.65 bits per heavy atom. The SMILES string of the molecule is CCn1nc(C)cc1C(=O)Nc1nc2cc(C#N)ccc2n1Cc1ccc(P(=O)(OCC(F)(F)F)OCC(F)(F)F)cc1. The first-order valence-corrected chi connectivity index (χ1v) is 14.0. The highest BCUT2D eigenvalue weighted by atomic mass is 31.2. The van der Waals surface area contributed by atoms with Crippen LogP contribution >= 0.6 is 7.60 Å². The lowest BCUT2D eigenvalue weighted by molar-refractivity contribution is -0.164. The van der Waals surface area contributed by atoms with Crippen LogP contribution in [0.1, 0.15) is 34.2 Å². The number of nitriles is 1. The van der Waals surface area contributed by atoms with Gasteiger partial charge in [-0.1, -0.05) is 12.1 Å². The number of aromatic nitrogens is 4. The molecule has 0 fully saturated rings. The fourth-order valence-electron chi connectivity index (χ4n) is 4.06. The molecule has 4 aromatic rings. The van der Waals surface area contributed by atoms with Crippen molar-refractivity contribution in [3.63, 3.8) is 0 Å². The molecular formula is C26H23F6N6O4P. The molecule has 0 radical (unpaired) electrons. The van der Waals surface area contributed by atoms with Crippen molar-refractivity contribution in [1.29, 1.82) is 5.26 Å². The largest absolute Gasteiger partial charge is 0.412 e. The quantitative estimate of drug-likeness (QED) is 0.176. The zero-order valence-electron chi connectivity index (χ0n) is 22.5. The van der Waals surface area contributed by atoms with Gasteiger partial charge in [-0.15, -0.1) is 0 Å². The molecule has 0 aliphatic rings. The molecule has 228 valence electrons. The molecular weight excluding hydrogens is 605 g/mol. The summed E-state index contributed by atoms with van der Waals surface area (Å²) in [4.78, 5) is 17.6. The van der Waals surface area contributed by atoms with Gasteiger partial charge in [0.1, 0.15) is 5.69 Å². The van der Waals surface area contributed by atoms with Gasteiger partial charge < -0.3 is 4.57 Å². The lowest BCUT2D eigenvalue weighted by Gasteiger charge is -2.20. The molecule has 10 nitrogen and oxygen atoms in total. The van der Waals surface area contributed by atoms with E-state index in [0.717, 1.165) is 12.1 Å². The van der Waals surface area contributed by atoms with E-state index in [9.17, 15) is 41.0 Å². The third kappa shape index (κ3) is 7.81. The smallest absolute Gasteiger partial charge is 0.305 e. The number of hydrogen-bond donors (Lipinski definition) is 1. The Balaban J connectivity index is 1.67. The topological polar surface area (TPSA) is 124 Å². The van der Waals surface area contributed by atoms with Gasteiger partial charge in [-0.25, -0.2) is 4.98 Å². The molecule has 0 unspecified atom stereocenters. The molecule has 0 bridgehead atoms. The van der Waals surface area contributed by atoms with Crippen LogP contribution in [-0.4, -0.2) is 50.8 Å². The standard InChI is InChI=1S/C26H23F6N6O4P/c1-3-38-22(10-16(2)36-38)23(39)35-24-34-20-11-18(12-33)6-9-21(20)37(24)13-17-4-7-19(8-5-17)43(40,41-14-25(27,28)29)42-15-26(30,31)32/h4-11H,3,13-15H2,1-2H3,(H,34,35,39). The lowest BCUT2D eigenvalue weighted by Crippen LogP contribution is -2.23. The molecule has 17 heteroatoms. The van der Waals surface area contributed by atoms with Gasteiger partial charge in [0.25, 0.3) is 5.91 Å². The molecule has 0 saturated heterocycles. The van der Waals surface area contributed by atoms with Crippen LogP contribution in [0.15, 0.2) is 48.5 Å². The zero-order valence-corrected chi connectivity index (χ0v) is 23.4. The summed E-state index contributed by atoms with van der Waals surface area (Å²) in [5, 5.41) is 15.8. The van der Waals surface area contributed by atoms with Gasteiger partial charge in [0.15, 0.2) is 13.2 Å². The van der Waals surface area contributed by atoms with Crippen molar-refractivity contribution in [3.8, 4) is 6.07 Å². The lowest BCUT2D eigenvalue weighted by atomic mass is 10.2. The molecule has 0 aliphatic heterocycles. The monoisotopic (exact) mass is 628 g/mol. The van der Waals surface area contributed by atoms with E-state index in [4.69, 9.17) is 0 Å². The summed E-state index contributed by atoms with van der Waals surface area (Å²) < 4.78 is 101. The summed E-state index contributed by atoms with van der Waals surface area (Å²) in [5.74, 6) is -0.423. The van der Waals surface area contributed by atoms with E-state index in [1.165, 1.54) is 28.9 Å². The van der Waals surface area contributed by atoms with E-state index in [-0.39, 0.29) is 18.2 Å². The van der Waals surface area contributed by atoms with Crippen molar-refractivity contribution in [3.05, 3.63) is 71.0 Å². The number of hydrogen-bond acceptors (Lipinski definition) is 7. The maximum absolute atomic E-state index is 13.1. The van der Waals surface area contributed by atoms with E-state index in [0.29, 0.717) is 34.4 Å². The number of nitrogens with zero attached hydrogens (tertiary/aromatic N) is 5. The highest BCUT2D eigenvalue weighted by molar-refractivity contribution is 7.62. The van der Waals surface area contributed by atoms with Crippen molar-refractivity contribution in [1.82, 2.24) is 19.3 Å². The third-order valence-electron chi connectivity index (χ3n) is 5.93. The van der Waals surface area contributed by atoms with Crippen LogP contribution in [0.5, 0.6) is 0 Å². The van der Waals surface area contributed by atoms with Gasteiger partial charge in [0.2, 0.25) is 5.95 Å². The first kappa shape index (κ1) is 31.7. The van der Waals surface area contributed by atoms with Gasteiger partial charge in [-0.2, -0.15) is 36.7 Å². The molecule has 0 aliphatic carbocycles. The summed E-state index contributed by atoms with van der Waals surface area (Å²) >= 11 is 0. The van der Waals surface area contributed by atoms with Gasteiger partial charge in [0, 0.05) is 6.54 Å². The van der Waals surface area contributed by atoms with Crippen LogP contribution in [0, 0.1) is 18.3 Å². The first-order valence-electron chi connectivity index (χ1n) is 12.5. The Hall–Kier alpha value is -4.19. The van der Waals surface area contributed by atoms with E-state index < -0.39 is 44.4 Å². The maximum Gasteiger partial charge on any atom is 0.412 e. The summed E-state index contributed by atoms with van der Waals surface area (Å²) in [6.07, 6.45) is -9.95. The molecule has 2 aromatic carbocycles. The summed E-state index contributed by atoms with van der Waals surface area (Å²) in [5.41, 5.74) is 2.52. The summed E-state index contributed by atoms with van der Waals surface area (Å²) in [7, 11) is -5.03. The molecule has 0 atom stereocenters. The number of benzene rings is 2. The number of nitrogens with one attached hydrogen (secondary N) is 1. The van der Waals surface area contributed by atoms with Crippen LogP contribution in [0.2, 0.25) is 0 Å². The van der Waals surface area contributed by atoms with E-state index >= 15 is 0 Å². The van der Waals surface area contributed by atoms with Crippen LogP contribution in [-0.2, 0) is 26.7 Å². The van der Waals surface area contributed by atoms with Crippen molar-refractivity contribution in [2.45, 2.75) is 39.3 Å². The maximum atomic E-state index is 13.1. The van der Waals surface area contributed by atoms with Gasteiger partial charge >= 0.3 is 19.9 Å². The molecule has 0 spiro atoms. The van der Waals surface area contributed by atoms with Crippen LogP contribution < -0.4 is 10.6 Å². The number of aryl methyl sites for hydroxylation is 2. The Morgan fingerprint density at radius 3 is 2.21 bits per heavy atom. The van der Waals surface area contributed by atoms with E-state index in [1.807, 2.05) is 13.0 Å². The van der Waals surface area contributed by atoms with Crippen molar-refractivity contribution >= 4 is 35.8 Å². The molecule has 1 N–H and O–H groups in total. The number of anilines is 1. The zero-order chi connectivity index (χ0) is 31.6.